The maximum atomic E-state index is 11.4. The van der Waals surface area contributed by atoms with Crippen molar-refractivity contribution in [1.82, 2.24) is 5.32 Å². The van der Waals surface area contributed by atoms with Crippen LogP contribution in [0.1, 0.15) is 33.1 Å². The van der Waals surface area contributed by atoms with Crippen molar-refractivity contribution >= 4 is 17.7 Å². The Morgan fingerprint density at radius 1 is 1.22 bits per heavy atom. The molecule has 0 saturated heterocycles. The van der Waals surface area contributed by atoms with Crippen molar-refractivity contribution in [2.75, 3.05) is 20.3 Å². The molecule has 0 aromatic carbocycles. The van der Waals surface area contributed by atoms with E-state index >= 15 is 0 Å². The van der Waals surface area contributed by atoms with E-state index in [0.717, 1.165) is 0 Å². The smallest absolute Gasteiger partial charge is 0.328 e. The first-order valence-electron chi connectivity index (χ1n) is 6.01. The molecule has 0 heterocycles. The van der Waals surface area contributed by atoms with Crippen LogP contribution >= 0.6 is 0 Å². The van der Waals surface area contributed by atoms with E-state index < -0.39 is 17.9 Å². The Kier molecular flexibility index (Phi) is 8.82. The fourth-order valence-electron chi connectivity index (χ4n) is 1.30. The Morgan fingerprint density at radius 3 is 2.39 bits per heavy atom. The molecule has 0 unspecified atom stereocenters. The van der Waals surface area contributed by atoms with Crippen LogP contribution in [0.2, 0.25) is 0 Å². The number of methoxy groups -OCH3 is 1. The molecule has 0 aromatic heterocycles. The Balaban J connectivity index is 4.27. The second-order valence-corrected chi connectivity index (χ2v) is 3.71. The van der Waals surface area contributed by atoms with Crippen molar-refractivity contribution in [3.05, 3.63) is 0 Å². The molecule has 0 aliphatic heterocycles. The normalized spacial score (nSPS) is 11.7. The number of esters is 1. The van der Waals surface area contributed by atoms with E-state index in [-0.39, 0.29) is 25.2 Å². The summed E-state index contributed by atoms with van der Waals surface area (Å²) in [5, 5.41) is 2.49. The molecule has 0 spiro atoms. The molecule has 0 rings (SSSR count). The summed E-state index contributed by atoms with van der Waals surface area (Å²) in [6.07, 6.45) is 0.906. The van der Waals surface area contributed by atoms with Crippen LogP contribution in [0, 0.1) is 0 Å². The first kappa shape index (κ1) is 16.6. The lowest BCUT2D eigenvalue weighted by Crippen LogP contribution is -2.43. The van der Waals surface area contributed by atoms with Crippen molar-refractivity contribution in [2.45, 2.75) is 39.2 Å². The van der Waals surface area contributed by atoms with Crippen LogP contribution < -0.4 is 5.32 Å². The molecule has 0 radical (unpaired) electrons. The summed E-state index contributed by atoms with van der Waals surface area (Å²) in [4.78, 5) is 34.0. The Hall–Kier alpha value is -1.43. The number of carbonyl (C=O) groups is 3. The third-order valence-electron chi connectivity index (χ3n) is 2.36. The number of nitrogens with one attached hydrogen (secondary N) is 1. The van der Waals surface area contributed by atoms with E-state index in [4.69, 9.17) is 4.74 Å². The highest BCUT2D eigenvalue weighted by Crippen LogP contribution is 2.02. The lowest BCUT2D eigenvalue weighted by molar-refractivity contribution is -0.146. The maximum absolute atomic E-state index is 11.4. The van der Waals surface area contributed by atoms with Gasteiger partial charge in [0.1, 0.15) is 18.4 Å². The van der Waals surface area contributed by atoms with Crippen molar-refractivity contribution in [2.24, 2.45) is 0 Å². The molecule has 6 nitrogen and oxygen atoms in total. The van der Waals surface area contributed by atoms with Crippen molar-refractivity contribution < 1.29 is 23.9 Å². The highest BCUT2D eigenvalue weighted by Gasteiger charge is 2.21. The van der Waals surface area contributed by atoms with E-state index in [2.05, 4.69) is 10.1 Å². The molecule has 1 amide bonds. The molecular formula is C12H21NO5. The van der Waals surface area contributed by atoms with Gasteiger partial charge in [-0.05, 0) is 13.3 Å². The molecule has 1 N–H and O–H groups in total. The molecular weight excluding hydrogens is 238 g/mol. The molecule has 0 saturated carbocycles. The number of rotatable bonds is 9. The van der Waals surface area contributed by atoms with E-state index in [0.29, 0.717) is 13.0 Å². The third kappa shape index (κ3) is 7.01. The van der Waals surface area contributed by atoms with E-state index in [1.807, 2.05) is 0 Å². The average molecular weight is 259 g/mol. The Morgan fingerprint density at radius 2 is 1.89 bits per heavy atom. The van der Waals surface area contributed by atoms with Gasteiger partial charge in [0.25, 0.3) is 0 Å². The summed E-state index contributed by atoms with van der Waals surface area (Å²) < 4.78 is 9.50. The van der Waals surface area contributed by atoms with Gasteiger partial charge >= 0.3 is 5.97 Å². The van der Waals surface area contributed by atoms with Crippen molar-refractivity contribution in [1.29, 1.82) is 0 Å². The average Bonchev–Trinajstić information content (AvgIpc) is 2.39. The zero-order valence-electron chi connectivity index (χ0n) is 11.2. The first-order chi connectivity index (χ1) is 8.54. The minimum absolute atomic E-state index is 0.0444. The summed E-state index contributed by atoms with van der Waals surface area (Å²) in [7, 11) is 1.24. The largest absolute Gasteiger partial charge is 0.467 e. The molecule has 18 heavy (non-hydrogen) atoms. The molecule has 0 aromatic rings. The minimum Gasteiger partial charge on any atom is -0.467 e. The molecule has 104 valence electrons. The second-order valence-electron chi connectivity index (χ2n) is 3.71. The number of ketones is 1. The van der Waals surface area contributed by atoms with E-state index in [9.17, 15) is 14.4 Å². The second kappa shape index (κ2) is 9.58. The molecule has 6 heteroatoms. The molecule has 0 aliphatic carbocycles. The lowest BCUT2D eigenvalue weighted by atomic mass is 10.1. The summed E-state index contributed by atoms with van der Waals surface area (Å²) >= 11 is 0. The number of ether oxygens (including phenoxy) is 2. The van der Waals surface area contributed by atoms with Crippen molar-refractivity contribution in [3.8, 4) is 0 Å². The Bertz CT molecular complexity index is 290. The van der Waals surface area contributed by atoms with Gasteiger partial charge in [-0.1, -0.05) is 6.92 Å². The van der Waals surface area contributed by atoms with Gasteiger partial charge in [-0.2, -0.15) is 0 Å². The van der Waals surface area contributed by atoms with Gasteiger partial charge in [0.05, 0.1) is 7.11 Å². The molecule has 0 bridgehead atoms. The number of amides is 1. The lowest BCUT2D eigenvalue weighted by Gasteiger charge is -2.15. The number of hydrogen-bond donors (Lipinski definition) is 1. The molecule has 0 fully saturated rings. The highest BCUT2D eigenvalue weighted by atomic mass is 16.5. The van der Waals surface area contributed by atoms with Crippen LogP contribution in [0.3, 0.4) is 0 Å². The van der Waals surface area contributed by atoms with Crippen LogP contribution in [0.15, 0.2) is 0 Å². The van der Waals surface area contributed by atoms with E-state index in [1.165, 1.54) is 7.11 Å². The van der Waals surface area contributed by atoms with Gasteiger partial charge in [-0.3, -0.25) is 9.59 Å². The monoisotopic (exact) mass is 259 g/mol. The van der Waals surface area contributed by atoms with Gasteiger partial charge in [-0.25, -0.2) is 4.79 Å². The van der Waals surface area contributed by atoms with Gasteiger partial charge in [0.2, 0.25) is 5.91 Å². The van der Waals surface area contributed by atoms with E-state index in [1.54, 1.807) is 13.8 Å². The minimum atomic E-state index is -0.793. The van der Waals surface area contributed by atoms with Crippen molar-refractivity contribution in [3.63, 3.8) is 0 Å². The predicted octanol–water partition coefficient (Wildman–Crippen LogP) is 0.440. The topological polar surface area (TPSA) is 81.7 Å². The molecule has 1 atom stereocenters. The summed E-state index contributed by atoms with van der Waals surface area (Å²) in [6, 6.07) is -0.793. The first-order valence-corrected chi connectivity index (χ1v) is 6.01. The summed E-state index contributed by atoms with van der Waals surface area (Å²) in [5.41, 5.74) is 0. The third-order valence-corrected chi connectivity index (χ3v) is 2.36. The van der Waals surface area contributed by atoms with Crippen LogP contribution in [0.25, 0.3) is 0 Å². The molecule has 0 aliphatic rings. The number of Topliss-reactive ketones (excluding diaryl/α,β-unsaturated/α-hetero) is 1. The number of hydrogen-bond acceptors (Lipinski definition) is 5. The SMILES string of the molecule is CCOCC(=O)N[C@@H](CCC(=O)CC)C(=O)OC. The van der Waals surface area contributed by atoms with Gasteiger partial charge in [0, 0.05) is 19.4 Å². The fraction of sp³-hybridized carbons (Fsp3) is 0.750. The number of carbonyl (C=O) groups excluding carboxylic acids is 3. The summed E-state index contributed by atoms with van der Waals surface area (Å²) in [6.45, 7) is 3.84. The summed E-state index contributed by atoms with van der Waals surface area (Å²) in [5.74, 6) is -0.900. The van der Waals surface area contributed by atoms with Crippen LogP contribution in [-0.4, -0.2) is 44.0 Å². The van der Waals surface area contributed by atoms with Crippen LogP contribution in [0.4, 0.5) is 0 Å². The highest BCUT2D eigenvalue weighted by molar-refractivity contribution is 5.86. The van der Waals surface area contributed by atoms with Crippen LogP contribution in [0.5, 0.6) is 0 Å². The standard InChI is InChI=1S/C12H21NO5/c1-4-9(14)6-7-10(12(16)17-3)13-11(15)8-18-5-2/h10H,4-8H2,1-3H3,(H,13,15)/t10-/m0/s1. The zero-order valence-corrected chi connectivity index (χ0v) is 11.2. The fourth-order valence-corrected chi connectivity index (χ4v) is 1.30. The van der Waals surface area contributed by atoms with Gasteiger partial charge in [-0.15, -0.1) is 0 Å². The van der Waals surface area contributed by atoms with Crippen LogP contribution in [-0.2, 0) is 23.9 Å². The zero-order chi connectivity index (χ0) is 14.0. The van der Waals surface area contributed by atoms with Gasteiger partial charge < -0.3 is 14.8 Å². The maximum Gasteiger partial charge on any atom is 0.328 e. The van der Waals surface area contributed by atoms with Gasteiger partial charge in [0.15, 0.2) is 0 Å². The predicted molar refractivity (Wildman–Crippen MR) is 65.0 cm³/mol. The quantitative estimate of drug-likeness (QED) is 0.608. The Labute approximate surface area is 107 Å².